The molecule has 0 aromatic rings. The Morgan fingerprint density at radius 3 is 2.69 bits per heavy atom. The lowest BCUT2D eigenvalue weighted by Crippen LogP contribution is -2.17. The number of hydrogen-bond donors (Lipinski definition) is 0. The predicted octanol–water partition coefficient (Wildman–Crippen LogP) is 0.743. The fourth-order valence-corrected chi connectivity index (χ4v) is 3.11. The zero-order chi connectivity index (χ0) is 9.90. The first-order valence-corrected chi connectivity index (χ1v) is 7.49. The van der Waals surface area contributed by atoms with Crippen molar-refractivity contribution >= 4 is 27.4 Å². The van der Waals surface area contributed by atoms with Gasteiger partial charge >= 0.3 is 0 Å². The molecule has 0 radical (unpaired) electrons. The number of hydrogen-bond acceptors (Lipinski definition) is 4. The van der Waals surface area contributed by atoms with Crippen LogP contribution in [0, 0.1) is 5.92 Å². The average Bonchev–Trinajstić information content (AvgIpc) is 2.50. The molecule has 5 heteroatoms. The molecule has 3 nitrogen and oxygen atoms in total. The van der Waals surface area contributed by atoms with E-state index in [0.29, 0.717) is 0 Å². The molecule has 13 heavy (non-hydrogen) atoms. The summed E-state index contributed by atoms with van der Waals surface area (Å²) in [5.41, 5.74) is 0. The topological polar surface area (TPSA) is 51.2 Å². The Kier molecular flexibility index (Phi) is 3.79. The molecule has 0 amide bonds. The molecule has 0 bridgehead atoms. The zero-order valence-electron chi connectivity index (χ0n) is 7.65. The smallest absolute Gasteiger partial charge is 0.147 e. The summed E-state index contributed by atoms with van der Waals surface area (Å²) in [4.78, 5) is 11.4. The van der Waals surface area contributed by atoms with E-state index >= 15 is 0 Å². The molecule has 1 aliphatic rings. The van der Waals surface area contributed by atoms with Crippen LogP contribution in [0.25, 0.3) is 0 Å². The van der Waals surface area contributed by atoms with Crippen molar-refractivity contribution in [3.05, 3.63) is 0 Å². The highest BCUT2D eigenvalue weighted by Gasteiger charge is 2.23. The Balaban J connectivity index is 2.33. The van der Waals surface area contributed by atoms with Crippen LogP contribution in [-0.4, -0.2) is 37.7 Å². The van der Waals surface area contributed by atoms with E-state index in [1.54, 1.807) is 11.8 Å². The van der Waals surface area contributed by atoms with Crippen molar-refractivity contribution in [2.24, 2.45) is 5.92 Å². The molecule has 0 N–H and O–H groups in total. The normalized spacial score (nSPS) is 23.3. The second-order valence-corrected chi connectivity index (χ2v) is 6.82. The van der Waals surface area contributed by atoms with E-state index in [9.17, 15) is 13.2 Å². The van der Waals surface area contributed by atoms with Crippen LogP contribution in [0.2, 0.25) is 0 Å². The van der Waals surface area contributed by atoms with Crippen molar-refractivity contribution in [2.75, 3.05) is 23.5 Å². The van der Waals surface area contributed by atoms with E-state index in [1.807, 2.05) is 0 Å². The molecule has 0 spiro atoms. The number of Topliss-reactive ketones (excluding diaryl/α,β-unsaturated/α-hetero) is 1. The quantitative estimate of drug-likeness (QED) is 0.704. The first kappa shape index (κ1) is 11.0. The van der Waals surface area contributed by atoms with Gasteiger partial charge in [0.25, 0.3) is 0 Å². The summed E-state index contributed by atoms with van der Waals surface area (Å²) in [6, 6.07) is 0. The van der Waals surface area contributed by atoms with Crippen LogP contribution < -0.4 is 0 Å². The van der Waals surface area contributed by atoms with Gasteiger partial charge in [0.1, 0.15) is 15.6 Å². The maximum Gasteiger partial charge on any atom is 0.147 e. The minimum atomic E-state index is -2.98. The fraction of sp³-hybridized carbons (Fsp3) is 0.875. The second kappa shape index (κ2) is 4.46. The van der Waals surface area contributed by atoms with E-state index in [-0.39, 0.29) is 23.9 Å². The van der Waals surface area contributed by atoms with Crippen LogP contribution in [0.4, 0.5) is 0 Å². The summed E-state index contributed by atoms with van der Waals surface area (Å²) in [6.45, 7) is 0. The van der Waals surface area contributed by atoms with Crippen molar-refractivity contribution in [2.45, 2.75) is 12.8 Å². The van der Waals surface area contributed by atoms with Gasteiger partial charge in [-0.15, -0.1) is 0 Å². The first-order valence-electron chi connectivity index (χ1n) is 4.27. The van der Waals surface area contributed by atoms with Gasteiger partial charge in [0.05, 0.1) is 5.75 Å². The van der Waals surface area contributed by atoms with Crippen LogP contribution >= 0.6 is 11.8 Å². The summed E-state index contributed by atoms with van der Waals surface area (Å²) >= 11 is 1.77. The highest BCUT2D eigenvalue weighted by atomic mass is 32.2. The maximum atomic E-state index is 11.4. The van der Waals surface area contributed by atoms with Gasteiger partial charge in [0.15, 0.2) is 0 Å². The number of carbonyl (C=O) groups excluding carboxylic acids is 1. The number of sulfone groups is 1. The van der Waals surface area contributed by atoms with E-state index in [2.05, 4.69) is 0 Å². The summed E-state index contributed by atoms with van der Waals surface area (Å²) in [7, 11) is -2.98. The molecule has 1 fully saturated rings. The van der Waals surface area contributed by atoms with Gasteiger partial charge in [-0.05, 0) is 12.2 Å². The van der Waals surface area contributed by atoms with Crippen LogP contribution in [0.15, 0.2) is 0 Å². The Labute approximate surface area is 83.2 Å². The number of rotatable bonds is 4. The Morgan fingerprint density at radius 2 is 2.23 bits per heavy atom. The van der Waals surface area contributed by atoms with Crippen molar-refractivity contribution in [1.29, 1.82) is 0 Å². The molecule has 1 unspecified atom stereocenters. The van der Waals surface area contributed by atoms with Crippen molar-refractivity contribution < 1.29 is 13.2 Å². The monoisotopic (exact) mass is 222 g/mol. The third-order valence-corrected chi connectivity index (χ3v) is 4.21. The lowest BCUT2D eigenvalue weighted by atomic mass is 10.0. The predicted molar refractivity (Wildman–Crippen MR) is 54.8 cm³/mol. The van der Waals surface area contributed by atoms with Gasteiger partial charge < -0.3 is 0 Å². The molecular weight excluding hydrogens is 208 g/mol. The number of ketones is 1. The molecule has 1 saturated heterocycles. The molecule has 0 aromatic heterocycles. The zero-order valence-corrected chi connectivity index (χ0v) is 9.29. The summed E-state index contributed by atoms with van der Waals surface area (Å²) in [5, 5.41) is 0. The van der Waals surface area contributed by atoms with Gasteiger partial charge in [-0.1, -0.05) is 0 Å². The van der Waals surface area contributed by atoms with Gasteiger partial charge in [-0.2, -0.15) is 11.8 Å². The Bertz CT molecular complexity index is 276. The first-order chi connectivity index (χ1) is 5.99. The summed E-state index contributed by atoms with van der Waals surface area (Å²) in [6.07, 6.45) is 2.29. The van der Waals surface area contributed by atoms with E-state index in [1.165, 1.54) is 6.26 Å². The highest BCUT2D eigenvalue weighted by molar-refractivity contribution is 7.99. The Morgan fingerprint density at radius 1 is 1.54 bits per heavy atom. The molecule has 1 rings (SSSR count). The third kappa shape index (κ3) is 4.13. The minimum absolute atomic E-state index is 0.00694. The van der Waals surface area contributed by atoms with Crippen molar-refractivity contribution in [3.63, 3.8) is 0 Å². The largest absolute Gasteiger partial charge is 0.299 e. The summed E-state index contributed by atoms with van der Waals surface area (Å²) in [5.74, 6) is 2.16. The molecule has 0 aliphatic carbocycles. The van der Waals surface area contributed by atoms with Gasteiger partial charge in [-0.3, -0.25) is 4.79 Å². The fourth-order valence-electron chi connectivity index (χ4n) is 1.28. The molecule has 1 heterocycles. The van der Waals surface area contributed by atoms with E-state index in [0.717, 1.165) is 17.9 Å². The average molecular weight is 222 g/mol. The maximum absolute atomic E-state index is 11.4. The van der Waals surface area contributed by atoms with Gasteiger partial charge in [0.2, 0.25) is 0 Å². The molecule has 0 aromatic carbocycles. The van der Waals surface area contributed by atoms with Crippen molar-refractivity contribution in [1.82, 2.24) is 0 Å². The second-order valence-electron chi connectivity index (χ2n) is 3.41. The van der Waals surface area contributed by atoms with Crippen LogP contribution in [0.1, 0.15) is 12.8 Å². The van der Waals surface area contributed by atoms with E-state index < -0.39 is 9.84 Å². The van der Waals surface area contributed by atoms with Crippen LogP contribution in [-0.2, 0) is 14.6 Å². The Hall–Kier alpha value is -0.0300. The molecule has 0 saturated carbocycles. The molecule has 76 valence electrons. The molecular formula is C8H14O3S2. The summed E-state index contributed by atoms with van der Waals surface area (Å²) < 4.78 is 21.6. The standard InChI is InChI=1S/C8H14O3S2/c1-13(10,11)5-3-8(9)7-2-4-12-6-7/h7H,2-6H2,1H3. The number of carbonyl (C=O) groups is 1. The highest BCUT2D eigenvalue weighted by Crippen LogP contribution is 2.24. The van der Waals surface area contributed by atoms with Crippen molar-refractivity contribution in [3.8, 4) is 0 Å². The lowest BCUT2D eigenvalue weighted by Gasteiger charge is -2.05. The molecule has 1 atom stereocenters. The number of thioether (sulfide) groups is 1. The van der Waals surface area contributed by atoms with E-state index in [4.69, 9.17) is 0 Å². The van der Waals surface area contributed by atoms with Gasteiger partial charge in [0, 0.05) is 24.3 Å². The SMILES string of the molecule is CS(=O)(=O)CCC(=O)C1CCSC1. The van der Waals surface area contributed by atoms with Crippen LogP contribution in [0.3, 0.4) is 0 Å². The third-order valence-electron chi connectivity index (χ3n) is 2.10. The minimum Gasteiger partial charge on any atom is -0.299 e. The molecule has 1 aliphatic heterocycles. The van der Waals surface area contributed by atoms with Crippen LogP contribution in [0.5, 0.6) is 0 Å². The van der Waals surface area contributed by atoms with Gasteiger partial charge in [-0.25, -0.2) is 8.42 Å². The lowest BCUT2D eigenvalue weighted by molar-refractivity contribution is -0.121.